The molecule has 1 aromatic carbocycles. The summed E-state index contributed by atoms with van der Waals surface area (Å²) in [5, 5.41) is 6.03. The van der Waals surface area contributed by atoms with Gasteiger partial charge in [0, 0.05) is 36.4 Å². The number of rotatable bonds is 7. The zero-order valence-corrected chi connectivity index (χ0v) is 16.3. The Bertz CT molecular complexity index is 990. The third-order valence-corrected chi connectivity index (χ3v) is 3.96. The van der Waals surface area contributed by atoms with Crippen molar-refractivity contribution in [2.24, 2.45) is 0 Å². The Balaban J connectivity index is 1.67. The summed E-state index contributed by atoms with van der Waals surface area (Å²) in [5.41, 5.74) is 2.51. The van der Waals surface area contributed by atoms with Crippen LogP contribution in [0.1, 0.15) is 40.1 Å². The predicted octanol–water partition coefficient (Wildman–Crippen LogP) is 3.91. The molecule has 0 unspecified atom stereocenters. The second kappa shape index (κ2) is 9.45. The minimum Gasteiger partial charge on any atom is -0.459 e. The Labute approximate surface area is 169 Å². The molecule has 0 bridgehead atoms. The number of esters is 1. The zero-order chi connectivity index (χ0) is 20.6. The number of hydrogen-bond donors (Lipinski definition) is 2. The molecular formula is C22H22N4O3. The lowest BCUT2D eigenvalue weighted by atomic mass is 10.1. The van der Waals surface area contributed by atoms with Crippen LogP contribution in [0.15, 0.2) is 67.1 Å². The van der Waals surface area contributed by atoms with E-state index in [0.717, 1.165) is 5.56 Å². The van der Waals surface area contributed by atoms with Gasteiger partial charge in [0.1, 0.15) is 11.4 Å². The van der Waals surface area contributed by atoms with Crippen molar-refractivity contribution in [3.8, 4) is 0 Å². The summed E-state index contributed by atoms with van der Waals surface area (Å²) in [5.74, 6) is -0.181. The Morgan fingerprint density at radius 1 is 1.03 bits per heavy atom. The molecule has 2 heterocycles. The van der Waals surface area contributed by atoms with Crippen molar-refractivity contribution in [2.75, 3.05) is 10.6 Å². The van der Waals surface area contributed by atoms with E-state index in [9.17, 15) is 9.59 Å². The highest BCUT2D eigenvalue weighted by Gasteiger charge is 2.15. The Hall–Kier alpha value is -3.74. The van der Waals surface area contributed by atoms with E-state index >= 15 is 0 Å². The second-order valence-electron chi connectivity index (χ2n) is 6.60. The lowest BCUT2D eigenvalue weighted by Crippen LogP contribution is -2.15. The van der Waals surface area contributed by atoms with Crippen LogP contribution in [0.5, 0.6) is 0 Å². The van der Waals surface area contributed by atoms with Crippen molar-refractivity contribution in [2.45, 2.75) is 26.5 Å². The van der Waals surface area contributed by atoms with E-state index in [0.29, 0.717) is 29.2 Å². The SMILES string of the molecule is CC(C)OC(=O)c1cccnc1NCc1cccc(NC(=O)c2ccncc2)c1. The number of hydrogen-bond acceptors (Lipinski definition) is 6. The maximum absolute atomic E-state index is 12.3. The average Bonchev–Trinajstić information content (AvgIpc) is 2.73. The fraction of sp³-hybridized carbons (Fsp3) is 0.182. The van der Waals surface area contributed by atoms with E-state index < -0.39 is 5.97 Å². The molecule has 148 valence electrons. The number of nitrogens with one attached hydrogen (secondary N) is 2. The van der Waals surface area contributed by atoms with Crippen LogP contribution in [0, 0.1) is 0 Å². The number of carbonyl (C=O) groups is 2. The van der Waals surface area contributed by atoms with Crippen molar-refractivity contribution in [3.63, 3.8) is 0 Å². The summed E-state index contributed by atoms with van der Waals surface area (Å²) in [6, 6.07) is 14.1. The highest BCUT2D eigenvalue weighted by Crippen LogP contribution is 2.17. The highest BCUT2D eigenvalue weighted by molar-refractivity contribution is 6.04. The van der Waals surface area contributed by atoms with Crippen LogP contribution in [-0.4, -0.2) is 27.9 Å². The topological polar surface area (TPSA) is 93.2 Å². The number of aromatic nitrogens is 2. The minimum atomic E-state index is -0.422. The normalized spacial score (nSPS) is 10.4. The number of anilines is 2. The molecule has 0 atom stereocenters. The molecule has 0 aliphatic carbocycles. The molecule has 2 aromatic heterocycles. The maximum atomic E-state index is 12.3. The zero-order valence-electron chi connectivity index (χ0n) is 16.3. The first-order valence-corrected chi connectivity index (χ1v) is 9.23. The monoisotopic (exact) mass is 390 g/mol. The second-order valence-corrected chi connectivity index (χ2v) is 6.60. The molecular weight excluding hydrogens is 368 g/mol. The van der Waals surface area contributed by atoms with Gasteiger partial charge in [-0.15, -0.1) is 0 Å². The van der Waals surface area contributed by atoms with E-state index in [1.54, 1.807) is 56.7 Å². The number of ether oxygens (including phenoxy) is 1. The molecule has 1 amide bonds. The van der Waals surface area contributed by atoms with Crippen molar-refractivity contribution in [3.05, 3.63) is 83.8 Å². The van der Waals surface area contributed by atoms with Gasteiger partial charge in [-0.05, 0) is 55.8 Å². The molecule has 0 saturated carbocycles. The third kappa shape index (κ3) is 5.62. The number of carbonyl (C=O) groups excluding carboxylic acids is 2. The molecule has 3 rings (SSSR count). The van der Waals surface area contributed by atoms with Gasteiger partial charge in [0.25, 0.3) is 5.91 Å². The summed E-state index contributed by atoms with van der Waals surface area (Å²) in [6.45, 7) is 4.03. The first-order valence-electron chi connectivity index (χ1n) is 9.23. The standard InChI is InChI=1S/C22H22N4O3/c1-15(2)29-22(28)19-7-4-10-24-20(19)25-14-16-5-3-6-18(13-16)26-21(27)17-8-11-23-12-9-17/h3-13,15H,14H2,1-2H3,(H,24,25)(H,26,27). The van der Waals surface area contributed by atoms with Crippen LogP contribution in [-0.2, 0) is 11.3 Å². The molecule has 0 saturated heterocycles. The fourth-order valence-electron chi connectivity index (χ4n) is 2.64. The van der Waals surface area contributed by atoms with E-state index in [1.165, 1.54) is 0 Å². The molecule has 7 nitrogen and oxygen atoms in total. The minimum absolute atomic E-state index is 0.207. The van der Waals surface area contributed by atoms with Crippen LogP contribution < -0.4 is 10.6 Å². The lowest BCUT2D eigenvalue weighted by molar-refractivity contribution is 0.0378. The van der Waals surface area contributed by atoms with Crippen LogP contribution in [0.4, 0.5) is 11.5 Å². The van der Waals surface area contributed by atoms with Gasteiger partial charge in [-0.2, -0.15) is 0 Å². The van der Waals surface area contributed by atoms with Crippen molar-refractivity contribution >= 4 is 23.4 Å². The Morgan fingerprint density at radius 2 is 1.83 bits per heavy atom. The maximum Gasteiger partial charge on any atom is 0.342 e. The van der Waals surface area contributed by atoms with Gasteiger partial charge in [0.05, 0.1) is 6.10 Å². The number of pyridine rings is 2. The first-order chi connectivity index (χ1) is 14.0. The molecule has 29 heavy (non-hydrogen) atoms. The summed E-state index contributed by atoms with van der Waals surface area (Å²) < 4.78 is 5.26. The van der Waals surface area contributed by atoms with Crippen molar-refractivity contribution in [1.29, 1.82) is 0 Å². The van der Waals surface area contributed by atoms with Gasteiger partial charge < -0.3 is 15.4 Å². The van der Waals surface area contributed by atoms with Crippen molar-refractivity contribution in [1.82, 2.24) is 9.97 Å². The summed E-state index contributed by atoms with van der Waals surface area (Å²) in [4.78, 5) is 32.7. The van der Waals surface area contributed by atoms with Gasteiger partial charge >= 0.3 is 5.97 Å². The molecule has 7 heteroatoms. The van der Waals surface area contributed by atoms with E-state index in [2.05, 4.69) is 20.6 Å². The molecule has 0 radical (unpaired) electrons. The summed E-state index contributed by atoms with van der Waals surface area (Å²) in [6.07, 6.45) is 4.55. The Kier molecular flexibility index (Phi) is 6.52. The molecule has 2 N–H and O–H groups in total. The molecule has 0 aliphatic rings. The van der Waals surface area contributed by atoms with Gasteiger partial charge in [0.15, 0.2) is 0 Å². The molecule has 0 aliphatic heterocycles. The van der Waals surface area contributed by atoms with Gasteiger partial charge in [-0.1, -0.05) is 12.1 Å². The van der Waals surface area contributed by atoms with Gasteiger partial charge in [0.2, 0.25) is 0 Å². The highest BCUT2D eigenvalue weighted by atomic mass is 16.5. The molecule has 3 aromatic rings. The number of amides is 1. The largest absolute Gasteiger partial charge is 0.459 e. The van der Waals surface area contributed by atoms with Crippen LogP contribution >= 0.6 is 0 Å². The van der Waals surface area contributed by atoms with E-state index in [-0.39, 0.29) is 12.0 Å². The van der Waals surface area contributed by atoms with Gasteiger partial charge in [-0.3, -0.25) is 9.78 Å². The predicted molar refractivity (Wildman–Crippen MR) is 111 cm³/mol. The first kappa shape index (κ1) is 20.0. The molecule has 0 fully saturated rings. The third-order valence-electron chi connectivity index (χ3n) is 3.96. The molecule has 0 spiro atoms. The van der Waals surface area contributed by atoms with Crippen molar-refractivity contribution < 1.29 is 14.3 Å². The van der Waals surface area contributed by atoms with Crippen LogP contribution in [0.25, 0.3) is 0 Å². The smallest absolute Gasteiger partial charge is 0.342 e. The summed E-state index contributed by atoms with van der Waals surface area (Å²) in [7, 11) is 0. The number of nitrogens with zero attached hydrogens (tertiary/aromatic N) is 2. The van der Waals surface area contributed by atoms with Crippen LogP contribution in [0.2, 0.25) is 0 Å². The van der Waals surface area contributed by atoms with E-state index in [4.69, 9.17) is 4.74 Å². The van der Waals surface area contributed by atoms with Crippen LogP contribution in [0.3, 0.4) is 0 Å². The fourth-order valence-corrected chi connectivity index (χ4v) is 2.64. The lowest BCUT2D eigenvalue weighted by Gasteiger charge is -2.13. The average molecular weight is 390 g/mol. The quantitative estimate of drug-likeness (QED) is 0.594. The Morgan fingerprint density at radius 3 is 2.59 bits per heavy atom. The summed E-state index contributed by atoms with van der Waals surface area (Å²) >= 11 is 0. The number of benzene rings is 1. The van der Waals surface area contributed by atoms with E-state index in [1.807, 2.05) is 24.3 Å². The van der Waals surface area contributed by atoms with Gasteiger partial charge in [-0.25, -0.2) is 9.78 Å².